The quantitative estimate of drug-likeness (QED) is 0.648. The maximum atomic E-state index is 12.7. The number of Topliss-reactive ketones (excluding diaryl/α,β-unsaturated/α-hetero) is 1. The van der Waals surface area contributed by atoms with Crippen LogP contribution in [0.5, 0.6) is 0 Å². The number of nitrogens with one attached hydrogen (secondary N) is 1. The lowest BCUT2D eigenvalue weighted by Gasteiger charge is -2.10. The summed E-state index contributed by atoms with van der Waals surface area (Å²) in [6, 6.07) is 14.3. The number of carbonyl (C=O) groups excluding carboxylic acids is 2. The number of para-hydroxylation sites is 2. The van der Waals surface area contributed by atoms with E-state index in [2.05, 4.69) is 10.3 Å². The smallest absolute Gasteiger partial charge is 0.246 e. The second kappa shape index (κ2) is 8.12. The first-order valence-electron chi connectivity index (χ1n) is 8.07. The van der Waals surface area contributed by atoms with E-state index < -0.39 is 0 Å². The van der Waals surface area contributed by atoms with Crippen LogP contribution in [0.25, 0.3) is 11.0 Å². The topological polar surface area (TPSA) is 73.2 Å². The molecular weight excluding hydrogens is 354 g/mol. The number of ketones is 1. The fourth-order valence-corrected chi connectivity index (χ4v) is 2.79. The van der Waals surface area contributed by atoms with E-state index in [0.717, 1.165) is 11.0 Å². The van der Waals surface area contributed by atoms with Gasteiger partial charge in [0.2, 0.25) is 5.91 Å². The highest BCUT2D eigenvalue weighted by atomic mass is 35.5. The molecule has 134 valence electrons. The third-order valence-corrected chi connectivity index (χ3v) is 4.17. The summed E-state index contributed by atoms with van der Waals surface area (Å²) in [5, 5.41) is 3.33. The summed E-state index contributed by atoms with van der Waals surface area (Å²) in [6.07, 6.45) is 0. The summed E-state index contributed by atoms with van der Waals surface area (Å²) in [5.74, 6) is 0.308. The van der Waals surface area contributed by atoms with Gasteiger partial charge >= 0.3 is 0 Å². The van der Waals surface area contributed by atoms with E-state index in [1.165, 1.54) is 7.11 Å². The van der Waals surface area contributed by atoms with Crippen LogP contribution in [0.15, 0.2) is 48.5 Å². The molecule has 2 aromatic carbocycles. The number of methoxy groups -OCH3 is 1. The van der Waals surface area contributed by atoms with Crippen molar-refractivity contribution in [2.24, 2.45) is 0 Å². The third kappa shape index (κ3) is 4.09. The normalized spacial score (nSPS) is 10.8. The zero-order chi connectivity index (χ0) is 18.5. The number of amides is 1. The van der Waals surface area contributed by atoms with E-state index in [1.54, 1.807) is 24.3 Å². The van der Waals surface area contributed by atoms with Crippen LogP contribution in [0.2, 0.25) is 5.02 Å². The van der Waals surface area contributed by atoms with Crippen LogP contribution in [0.4, 0.5) is 0 Å². The summed E-state index contributed by atoms with van der Waals surface area (Å²) < 4.78 is 6.63. The number of benzene rings is 2. The molecule has 3 rings (SSSR count). The fraction of sp³-hybridized carbons (Fsp3) is 0.211. The molecule has 1 heterocycles. The number of ether oxygens (including phenoxy) is 1. The summed E-state index contributed by atoms with van der Waals surface area (Å²) in [6.45, 7) is 0.312. The van der Waals surface area contributed by atoms with E-state index >= 15 is 0 Å². The lowest BCUT2D eigenvalue weighted by molar-refractivity contribution is -0.124. The van der Waals surface area contributed by atoms with Crippen molar-refractivity contribution in [2.45, 2.75) is 13.1 Å². The van der Waals surface area contributed by atoms with Crippen LogP contribution in [-0.4, -0.2) is 35.0 Å². The summed E-state index contributed by atoms with van der Waals surface area (Å²) in [5.41, 5.74) is 2.18. The SMILES string of the molecule is COCC(=O)NCc1nc2ccccc2n1CC(=O)c1ccc(Cl)cc1. The predicted molar refractivity (Wildman–Crippen MR) is 99.2 cm³/mol. The molecule has 0 atom stereocenters. The minimum absolute atomic E-state index is 0.0239. The van der Waals surface area contributed by atoms with Gasteiger partial charge in [-0.25, -0.2) is 4.98 Å². The highest BCUT2D eigenvalue weighted by Gasteiger charge is 2.15. The van der Waals surface area contributed by atoms with Crippen molar-refractivity contribution in [3.63, 3.8) is 0 Å². The van der Waals surface area contributed by atoms with Crippen LogP contribution in [0.3, 0.4) is 0 Å². The van der Waals surface area contributed by atoms with E-state index in [9.17, 15) is 9.59 Å². The molecule has 7 heteroatoms. The first-order valence-corrected chi connectivity index (χ1v) is 8.45. The number of fused-ring (bicyclic) bond motifs is 1. The predicted octanol–water partition coefficient (Wildman–Crippen LogP) is 2.84. The fourth-order valence-electron chi connectivity index (χ4n) is 2.67. The Morgan fingerprint density at radius 2 is 1.88 bits per heavy atom. The zero-order valence-corrected chi connectivity index (χ0v) is 15.0. The van der Waals surface area contributed by atoms with Gasteiger partial charge in [0.05, 0.1) is 24.1 Å². The molecule has 6 nitrogen and oxygen atoms in total. The number of imidazole rings is 1. The number of hydrogen-bond acceptors (Lipinski definition) is 4. The molecule has 26 heavy (non-hydrogen) atoms. The van der Waals surface area contributed by atoms with Crippen molar-refractivity contribution in [3.8, 4) is 0 Å². The molecule has 0 aliphatic heterocycles. The van der Waals surface area contributed by atoms with Gasteiger partial charge in [-0.3, -0.25) is 9.59 Å². The number of rotatable bonds is 7. The Kier molecular flexibility index (Phi) is 5.65. The molecule has 0 unspecified atom stereocenters. The molecule has 0 fully saturated rings. The highest BCUT2D eigenvalue weighted by molar-refractivity contribution is 6.30. The van der Waals surface area contributed by atoms with Crippen molar-refractivity contribution >= 4 is 34.3 Å². The second-order valence-corrected chi connectivity index (χ2v) is 6.18. The molecule has 0 aliphatic carbocycles. The molecule has 1 amide bonds. The highest BCUT2D eigenvalue weighted by Crippen LogP contribution is 2.18. The van der Waals surface area contributed by atoms with E-state index in [1.807, 2.05) is 28.8 Å². The molecule has 3 aromatic rings. The van der Waals surface area contributed by atoms with Gasteiger partial charge in [0.1, 0.15) is 12.4 Å². The Labute approximate surface area is 155 Å². The molecule has 0 bridgehead atoms. The number of carbonyl (C=O) groups is 2. The first kappa shape index (κ1) is 18.1. The van der Waals surface area contributed by atoms with E-state index in [4.69, 9.17) is 16.3 Å². The van der Waals surface area contributed by atoms with Gasteiger partial charge in [0.25, 0.3) is 0 Å². The van der Waals surface area contributed by atoms with Gasteiger partial charge in [0, 0.05) is 17.7 Å². The number of aromatic nitrogens is 2. The van der Waals surface area contributed by atoms with E-state index in [-0.39, 0.29) is 31.4 Å². The molecule has 1 aromatic heterocycles. The summed E-state index contributed by atoms with van der Waals surface area (Å²) >= 11 is 5.88. The van der Waals surface area contributed by atoms with Gasteiger partial charge in [-0.05, 0) is 36.4 Å². The number of hydrogen-bond donors (Lipinski definition) is 1. The second-order valence-electron chi connectivity index (χ2n) is 5.74. The Bertz CT molecular complexity index is 935. The van der Waals surface area contributed by atoms with Gasteiger partial charge in [0.15, 0.2) is 5.78 Å². The Morgan fingerprint density at radius 1 is 1.15 bits per heavy atom. The van der Waals surface area contributed by atoms with Crippen LogP contribution in [-0.2, 0) is 22.6 Å². The molecule has 1 N–H and O–H groups in total. The minimum Gasteiger partial charge on any atom is -0.375 e. The zero-order valence-electron chi connectivity index (χ0n) is 14.2. The van der Waals surface area contributed by atoms with Crippen molar-refractivity contribution < 1.29 is 14.3 Å². The van der Waals surface area contributed by atoms with Crippen molar-refractivity contribution in [2.75, 3.05) is 13.7 Å². The van der Waals surface area contributed by atoms with Gasteiger partial charge in [-0.1, -0.05) is 23.7 Å². The Hall–Kier alpha value is -2.70. The molecular formula is C19H18ClN3O3. The number of nitrogens with zero attached hydrogens (tertiary/aromatic N) is 2. The monoisotopic (exact) mass is 371 g/mol. The third-order valence-electron chi connectivity index (χ3n) is 3.92. The van der Waals surface area contributed by atoms with Crippen LogP contribution in [0.1, 0.15) is 16.2 Å². The molecule has 0 radical (unpaired) electrons. The van der Waals surface area contributed by atoms with Crippen LogP contribution >= 0.6 is 11.6 Å². The standard InChI is InChI=1S/C19H18ClN3O3/c1-26-12-19(25)21-10-18-22-15-4-2-3-5-16(15)23(18)11-17(24)13-6-8-14(20)9-7-13/h2-9H,10-12H2,1H3,(H,21,25). The maximum Gasteiger partial charge on any atom is 0.246 e. The van der Waals surface area contributed by atoms with Crippen LogP contribution in [0, 0.1) is 0 Å². The summed E-state index contributed by atoms with van der Waals surface area (Å²) in [4.78, 5) is 28.9. The number of halogens is 1. The average molecular weight is 372 g/mol. The first-order chi connectivity index (χ1) is 12.6. The molecule has 0 saturated heterocycles. The van der Waals surface area contributed by atoms with Crippen molar-refractivity contribution in [3.05, 3.63) is 64.9 Å². The largest absolute Gasteiger partial charge is 0.375 e. The molecule has 0 aliphatic rings. The average Bonchev–Trinajstić information content (AvgIpc) is 2.98. The lowest BCUT2D eigenvalue weighted by Crippen LogP contribution is -2.28. The Morgan fingerprint density at radius 3 is 2.62 bits per heavy atom. The van der Waals surface area contributed by atoms with Gasteiger partial charge in [-0.15, -0.1) is 0 Å². The van der Waals surface area contributed by atoms with E-state index in [0.29, 0.717) is 16.4 Å². The van der Waals surface area contributed by atoms with Crippen LogP contribution < -0.4 is 5.32 Å². The lowest BCUT2D eigenvalue weighted by atomic mass is 10.1. The van der Waals surface area contributed by atoms with Crippen molar-refractivity contribution in [1.82, 2.24) is 14.9 Å². The Balaban J connectivity index is 1.87. The van der Waals surface area contributed by atoms with Gasteiger partial charge < -0.3 is 14.6 Å². The summed E-state index contributed by atoms with van der Waals surface area (Å²) in [7, 11) is 1.46. The van der Waals surface area contributed by atoms with Crippen molar-refractivity contribution in [1.29, 1.82) is 0 Å². The molecule has 0 saturated carbocycles. The molecule has 0 spiro atoms. The maximum absolute atomic E-state index is 12.7. The van der Waals surface area contributed by atoms with Gasteiger partial charge in [-0.2, -0.15) is 0 Å². The minimum atomic E-state index is -0.241.